The highest BCUT2D eigenvalue weighted by Crippen LogP contribution is 2.34. The Balaban J connectivity index is 2.49. The van der Waals surface area contributed by atoms with E-state index in [0.29, 0.717) is 6.42 Å². The largest absolute Gasteiger partial charge is 0.444 e. The third kappa shape index (κ3) is 8.86. The molecule has 196 valence electrons. The predicted octanol–water partition coefficient (Wildman–Crippen LogP) is 5.27. The van der Waals surface area contributed by atoms with Gasteiger partial charge in [0.2, 0.25) is 11.8 Å². The number of amides is 3. The van der Waals surface area contributed by atoms with E-state index >= 15 is 0 Å². The van der Waals surface area contributed by atoms with Gasteiger partial charge in [0.05, 0.1) is 0 Å². The van der Waals surface area contributed by atoms with Gasteiger partial charge in [0.1, 0.15) is 17.7 Å². The fourth-order valence-corrected chi connectivity index (χ4v) is 4.13. The van der Waals surface area contributed by atoms with Gasteiger partial charge in [-0.1, -0.05) is 43.7 Å². The molecule has 2 atom stereocenters. The predicted molar refractivity (Wildman–Crippen MR) is 139 cm³/mol. The van der Waals surface area contributed by atoms with Gasteiger partial charge in [0, 0.05) is 11.6 Å². The van der Waals surface area contributed by atoms with Crippen molar-refractivity contribution in [1.29, 1.82) is 0 Å². The van der Waals surface area contributed by atoms with Gasteiger partial charge in [0.25, 0.3) is 0 Å². The molecule has 1 saturated carbocycles. The molecule has 2 rings (SSSR count). The number of rotatable bonds is 8. The van der Waals surface area contributed by atoms with E-state index in [9.17, 15) is 14.4 Å². The number of carbonyl (C=O) groups is 3. The molecule has 1 fully saturated rings. The second-order valence-corrected chi connectivity index (χ2v) is 12.2. The second-order valence-electron chi connectivity index (χ2n) is 12.2. The Labute approximate surface area is 211 Å². The average molecular weight is 488 g/mol. The molecule has 0 spiro atoms. The molecule has 7 nitrogen and oxygen atoms in total. The SMILES string of the molecule is Cc1ccc(C(C(=O)NC(C)(C)C)N(C(=O)C(CC(C)C)NC(=O)OC(C)(C)C)C2CCC2)cc1. The molecule has 0 radical (unpaired) electrons. The molecule has 1 aliphatic carbocycles. The number of alkyl carbamates (subject to hydrolysis) is 1. The molecule has 2 N–H and O–H groups in total. The van der Waals surface area contributed by atoms with Crippen molar-refractivity contribution < 1.29 is 19.1 Å². The summed E-state index contributed by atoms with van der Waals surface area (Å²) >= 11 is 0. The monoisotopic (exact) mass is 487 g/mol. The maximum absolute atomic E-state index is 14.1. The quantitative estimate of drug-likeness (QED) is 0.523. The Bertz CT molecular complexity index is 877. The van der Waals surface area contributed by atoms with Crippen LogP contribution in [0.25, 0.3) is 0 Å². The van der Waals surface area contributed by atoms with E-state index in [1.807, 2.05) is 65.8 Å². The molecular formula is C28H45N3O4. The lowest BCUT2D eigenvalue weighted by Gasteiger charge is -2.44. The van der Waals surface area contributed by atoms with E-state index in [-0.39, 0.29) is 23.8 Å². The van der Waals surface area contributed by atoms with Crippen LogP contribution in [0.15, 0.2) is 24.3 Å². The molecule has 1 aromatic rings. The molecule has 1 aliphatic rings. The molecule has 3 amide bonds. The Morgan fingerprint density at radius 3 is 2.03 bits per heavy atom. The topological polar surface area (TPSA) is 87.7 Å². The van der Waals surface area contributed by atoms with Gasteiger partial charge in [-0.3, -0.25) is 9.59 Å². The zero-order valence-corrected chi connectivity index (χ0v) is 23.0. The maximum atomic E-state index is 14.1. The van der Waals surface area contributed by atoms with E-state index in [2.05, 4.69) is 10.6 Å². The Kier molecular flexibility index (Phi) is 9.37. The zero-order valence-electron chi connectivity index (χ0n) is 23.0. The van der Waals surface area contributed by atoms with Crippen LogP contribution >= 0.6 is 0 Å². The van der Waals surface area contributed by atoms with Crippen molar-refractivity contribution in [1.82, 2.24) is 15.5 Å². The zero-order chi connectivity index (χ0) is 26.6. The minimum absolute atomic E-state index is 0.0605. The van der Waals surface area contributed by atoms with Crippen LogP contribution in [-0.2, 0) is 14.3 Å². The van der Waals surface area contributed by atoms with Crippen LogP contribution in [0, 0.1) is 12.8 Å². The summed E-state index contributed by atoms with van der Waals surface area (Å²) in [6, 6.07) is 6.11. The van der Waals surface area contributed by atoms with Crippen LogP contribution in [0.2, 0.25) is 0 Å². The van der Waals surface area contributed by atoms with Gasteiger partial charge in [0.15, 0.2) is 0 Å². The second kappa shape index (κ2) is 11.4. The minimum Gasteiger partial charge on any atom is -0.444 e. The van der Waals surface area contributed by atoms with Crippen LogP contribution in [0.5, 0.6) is 0 Å². The van der Waals surface area contributed by atoms with Crippen molar-refractivity contribution in [3.8, 4) is 0 Å². The molecule has 0 bridgehead atoms. The summed E-state index contributed by atoms with van der Waals surface area (Å²) in [6.07, 6.45) is 2.49. The smallest absolute Gasteiger partial charge is 0.408 e. The molecule has 7 heteroatoms. The van der Waals surface area contributed by atoms with Crippen molar-refractivity contribution in [2.45, 2.75) is 117 Å². The van der Waals surface area contributed by atoms with E-state index in [1.165, 1.54) is 0 Å². The van der Waals surface area contributed by atoms with Crippen LogP contribution < -0.4 is 10.6 Å². The molecular weight excluding hydrogens is 442 g/mol. The number of nitrogens with zero attached hydrogens (tertiary/aromatic N) is 1. The maximum Gasteiger partial charge on any atom is 0.408 e. The third-order valence-electron chi connectivity index (χ3n) is 5.84. The number of aryl methyl sites for hydroxylation is 1. The number of hydrogen-bond acceptors (Lipinski definition) is 4. The molecule has 0 aromatic heterocycles. The first-order chi connectivity index (χ1) is 16.1. The van der Waals surface area contributed by atoms with E-state index < -0.39 is 29.3 Å². The van der Waals surface area contributed by atoms with Crippen molar-refractivity contribution in [2.24, 2.45) is 5.92 Å². The van der Waals surface area contributed by atoms with E-state index in [4.69, 9.17) is 4.74 Å². The van der Waals surface area contributed by atoms with Gasteiger partial charge in [-0.2, -0.15) is 0 Å². The summed E-state index contributed by atoms with van der Waals surface area (Å²) in [4.78, 5) is 42.2. The Morgan fingerprint density at radius 1 is 1.03 bits per heavy atom. The summed E-state index contributed by atoms with van der Waals surface area (Å²) in [5, 5.41) is 5.88. The summed E-state index contributed by atoms with van der Waals surface area (Å²) < 4.78 is 5.45. The van der Waals surface area contributed by atoms with Crippen LogP contribution in [0.4, 0.5) is 4.79 Å². The normalized spacial score (nSPS) is 16.2. The van der Waals surface area contributed by atoms with Gasteiger partial charge in [-0.25, -0.2) is 4.79 Å². The fourth-order valence-electron chi connectivity index (χ4n) is 4.13. The Morgan fingerprint density at radius 2 is 1.60 bits per heavy atom. The van der Waals surface area contributed by atoms with Gasteiger partial charge >= 0.3 is 6.09 Å². The van der Waals surface area contributed by atoms with Crippen molar-refractivity contribution >= 4 is 17.9 Å². The number of carbonyl (C=O) groups excluding carboxylic acids is 3. The third-order valence-corrected chi connectivity index (χ3v) is 5.84. The fraction of sp³-hybridized carbons (Fsp3) is 0.679. The minimum atomic E-state index is -0.791. The molecule has 0 saturated heterocycles. The lowest BCUT2D eigenvalue weighted by Crippen LogP contribution is -2.58. The first kappa shape index (κ1) is 28.7. The number of hydrogen-bond donors (Lipinski definition) is 2. The lowest BCUT2D eigenvalue weighted by molar-refractivity contribution is -0.148. The van der Waals surface area contributed by atoms with Gasteiger partial charge < -0.3 is 20.3 Å². The highest BCUT2D eigenvalue weighted by atomic mass is 16.6. The molecule has 35 heavy (non-hydrogen) atoms. The number of ether oxygens (including phenoxy) is 1. The number of benzene rings is 1. The van der Waals surface area contributed by atoms with Crippen molar-refractivity contribution in [3.63, 3.8) is 0 Å². The average Bonchev–Trinajstić information content (AvgIpc) is 2.63. The van der Waals surface area contributed by atoms with Gasteiger partial charge in [-0.15, -0.1) is 0 Å². The highest BCUT2D eigenvalue weighted by Gasteiger charge is 2.42. The van der Waals surface area contributed by atoms with Gasteiger partial charge in [-0.05, 0) is 85.6 Å². The Hall–Kier alpha value is -2.57. The highest BCUT2D eigenvalue weighted by molar-refractivity contribution is 5.92. The lowest BCUT2D eigenvalue weighted by atomic mass is 9.87. The summed E-state index contributed by atoms with van der Waals surface area (Å²) in [7, 11) is 0. The molecule has 0 aliphatic heterocycles. The summed E-state index contributed by atoms with van der Waals surface area (Å²) in [5.74, 6) is -0.311. The molecule has 0 heterocycles. The first-order valence-electron chi connectivity index (χ1n) is 12.8. The van der Waals surface area contributed by atoms with E-state index in [0.717, 1.165) is 30.4 Å². The van der Waals surface area contributed by atoms with Crippen molar-refractivity contribution in [3.05, 3.63) is 35.4 Å². The molecule has 2 unspecified atom stereocenters. The molecule has 1 aromatic carbocycles. The van der Waals surface area contributed by atoms with Crippen molar-refractivity contribution in [2.75, 3.05) is 0 Å². The van der Waals surface area contributed by atoms with Crippen LogP contribution in [0.3, 0.4) is 0 Å². The first-order valence-corrected chi connectivity index (χ1v) is 12.8. The van der Waals surface area contributed by atoms with Crippen LogP contribution in [-0.4, -0.2) is 46.0 Å². The summed E-state index contributed by atoms with van der Waals surface area (Å²) in [5.41, 5.74) is 0.702. The summed E-state index contributed by atoms with van der Waals surface area (Å²) in [6.45, 7) is 17.2. The van der Waals surface area contributed by atoms with E-state index in [1.54, 1.807) is 25.7 Å². The number of nitrogens with one attached hydrogen (secondary N) is 2. The standard InChI is InChI=1S/C28H45N3O4/c1-18(2)17-22(29-26(34)35-28(7,8)9)25(33)31(21-11-10-12-21)23(24(32)30-27(4,5)6)20-15-13-19(3)14-16-20/h13-16,18,21-23H,10-12,17H2,1-9H3,(H,29,34)(H,30,32). The van der Waals surface area contributed by atoms with Crippen LogP contribution in [0.1, 0.15) is 98.2 Å².